The number of aliphatic hydroxyl groups excluding tert-OH is 1. The minimum atomic E-state index is 0.319. The Labute approximate surface area is 99.2 Å². The van der Waals surface area contributed by atoms with Crippen LogP contribution in [0.5, 0.6) is 0 Å². The normalized spacial score (nSPS) is 25.9. The molecule has 1 saturated heterocycles. The largest absolute Gasteiger partial charge is 0.396 e. The van der Waals surface area contributed by atoms with Crippen LogP contribution in [0.25, 0.3) is 0 Å². The second-order valence-electron chi connectivity index (χ2n) is 5.71. The lowest BCUT2D eigenvalue weighted by atomic mass is 10.0. The number of rotatable bonds is 6. The van der Waals surface area contributed by atoms with Crippen LogP contribution in [0.1, 0.15) is 32.6 Å². The summed E-state index contributed by atoms with van der Waals surface area (Å²) in [5, 5.41) is 12.7. The van der Waals surface area contributed by atoms with E-state index in [0.29, 0.717) is 12.5 Å². The minimum Gasteiger partial charge on any atom is -0.396 e. The van der Waals surface area contributed by atoms with Crippen molar-refractivity contribution >= 4 is 0 Å². The fraction of sp³-hybridized carbons (Fsp3) is 1.00. The second-order valence-corrected chi connectivity index (χ2v) is 5.71. The molecule has 94 valence electrons. The van der Waals surface area contributed by atoms with E-state index in [0.717, 1.165) is 18.5 Å². The fourth-order valence-electron chi connectivity index (χ4n) is 2.47. The first-order valence-corrected chi connectivity index (χ1v) is 6.84. The Kier molecular flexibility index (Phi) is 4.62. The van der Waals surface area contributed by atoms with E-state index >= 15 is 0 Å². The van der Waals surface area contributed by atoms with Gasteiger partial charge in [0.15, 0.2) is 0 Å². The van der Waals surface area contributed by atoms with Gasteiger partial charge in [-0.25, -0.2) is 0 Å². The minimum absolute atomic E-state index is 0.319. The van der Waals surface area contributed by atoms with Crippen LogP contribution in [-0.2, 0) is 0 Å². The van der Waals surface area contributed by atoms with E-state index in [1.54, 1.807) is 0 Å². The highest BCUT2D eigenvalue weighted by atomic mass is 16.3. The van der Waals surface area contributed by atoms with Crippen LogP contribution in [0.15, 0.2) is 0 Å². The molecule has 0 aromatic rings. The van der Waals surface area contributed by atoms with Crippen molar-refractivity contribution in [3.05, 3.63) is 0 Å². The number of nitrogens with zero attached hydrogens (tertiary/aromatic N) is 1. The number of hydrogen-bond donors (Lipinski definition) is 2. The zero-order valence-corrected chi connectivity index (χ0v) is 10.5. The van der Waals surface area contributed by atoms with E-state index in [1.807, 2.05) is 0 Å². The average Bonchev–Trinajstić information content (AvgIpc) is 3.12. The maximum Gasteiger partial charge on any atom is 0.0468 e. The van der Waals surface area contributed by atoms with Crippen LogP contribution in [0, 0.1) is 11.8 Å². The van der Waals surface area contributed by atoms with Crippen molar-refractivity contribution in [1.82, 2.24) is 10.2 Å². The van der Waals surface area contributed by atoms with E-state index in [1.165, 1.54) is 45.3 Å². The molecule has 1 aliphatic carbocycles. The third-order valence-corrected chi connectivity index (χ3v) is 3.86. The summed E-state index contributed by atoms with van der Waals surface area (Å²) in [5.74, 6) is 1.42. The van der Waals surface area contributed by atoms with Crippen molar-refractivity contribution in [3.63, 3.8) is 0 Å². The molecule has 1 heterocycles. The molecule has 2 aliphatic rings. The zero-order chi connectivity index (χ0) is 11.4. The molecule has 2 N–H and O–H groups in total. The van der Waals surface area contributed by atoms with Crippen molar-refractivity contribution < 1.29 is 5.11 Å². The SMILES string of the molecule is CC(CO)CN1CCC(NCC2CC2)CC1. The third-order valence-electron chi connectivity index (χ3n) is 3.86. The molecule has 0 aromatic heterocycles. The van der Waals surface area contributed by atoms with Gasteiger partial charge in [-0.15, -0.1) is 0 Å². The number of likely N-dealkylation sites (tertiary alicyclic amines) is 1. The summed E-state index contributed by atoms with van der Waals surface area (Å²) in [7, 11) is 0. The standard InChI is InChI=1S/C13H26N2O/c1-11(10-16)9-15-6-4-13(5-7-15)14-8-12-2-3-12/h11-14,16H,2-10H2,1H3. The lowest BCUT2D eigenvalue weighted by molar-refractivity contribution is 0.142. The van der Waals surface area contributed by atoms with Gasteiger partial charge in [-0.05, 0) is 57.2 Å². The van der Waals surface area contributed by atoms with Crippen LogP contribution in [0.3, 0.4) is 0 Å². The third kappa shape index (κ3) is 4.04. The summed E-state index contributed by atoms with van der Waals surface area (Å²) in [6, 6.07) is 0.751. The first kappa shape index (κ1) is 12.3. The van der Waals surface area contributed by atoms with E-state index in [2.05, 4.69) is 17.1 Å². The van der Waals surface area contributed by atoms with Crippen LogP contribution >= 0.6 is 0 Å². The highest BCUT2D eigenvalue weighted by molar-refractivity contribution is 4.82. The molecular formula is C13H26N2O. The summed E-state index contributed by atoms with van der Waals surface area (Å²) < 4.78 is 0. The van der Waals surface area contributed by atoms with Gasteiger partial charge in [0.05, 0.1) is 0 Å². The summed E-state index contributed by atoms with van der Waals surface area (Å²) >= 11 is 0. The molecule has 16 heavy (non-hydrogen) atoms. The van der Waals surface area contributed by atoms with Crippen LogP contribution in [0.2, 0.25) is 0 Å². The lowest BCUT2D eigenvalue weighted by Gasteiger charge is -2.33. The quantitative estimate of drug-likeness (QED) is 0.711. The number of aliphatic hydroxyl groups is 1. The van der Waals surface area contributed by atoms with Gasteiger partial charge >= 0.3 is 0 Å². The summed E-state index contributed by atoms with van der Waals surface area (Å²) in [6.07, 6.45) is 5.45. The fourth-order valence-corrected chi connectivity index (χ4v) is 2.47. The Morgan fingerprint density at radius 3 is 2.50 bits per heavy atom. The zero-order valence-electron chi connectivity index (χ0n) is 10.5. The number of nitrogens with one attached hydrogen (secondary N) is 1. The highest BCUT2D eigenvalue weighted by Crippen LogP contribution is 2.28. The first-order chi connectivity index (χ1) is 7.78. The van der Waals surface area contributed by atoms with Crippen LogP contribution in [0.4, 0.5) is 0 Å². The molecule has 1 aliphatic heterocycles. The van der Waals surface area contributed by atoms with Crippen molar-refractivity contribution in [2.75, 3.05) is 32.8 Å². The number of hydrogen-bond acceptors (Lipinski definition) is 3. The molecule has 2 fully saturated rings. The molecule has 0 bridgehead atoms. The van der Waals surface area contributed by atoms with E-state index < -0.39 is 0 Å². The van der Waals surface area contributed by atoms with Gasteiger partial charge in [0.2, 0.25) is 0 Å². The molecule has 1 atom stereocenters. The molecule has 3 heteroatoms. The molecule has 0 spiro atoms. The van der Waals surface area contributed by atoms with Gasteiger partial charge in [-0.1, -0.05) is 6.92 Å². The smallest absolute Gasteiger partial charge is 0.0468 e. The Hall–Kier alpha value is -0.120. The topological polar surface area (TPSA) is 35.5 Å². The molecule has 1 unspecified atom stereocenters. The molecule has 0 amide bonds. The van der Waals surface area contributed by atoms with Gasteiger partial charge in [-0.2, -0.15) is 0 Å². The van der Waals surface area contributed by atoms with Gasteiger partial charge in [0.1, 0.15) is 0 Å². The molecule has 1 saturated carbocycles. The Bertz CT molecular complexity index is 198. The van der Waals surface area contributed by atoms with Crippen molar-refractivity contribution in [1.29, 1.82) is 0 Å². The second kappa shape index (κ2) is 5.99. The average molecular weight is 226 g/mol. The predicted molar refractivity (Wildman–Crippen MR) is 66.4 cm³/mol. The number of piperidine rings is 1. The maximum atomic E-state index is 9.03. The van der Waals surface area contributed by atoms with E-state index in [-0.39, 0.29) is 0 Å². The van der Waals surface area contributed by atoms with E-state index in [4.69, 9.17) is 5.11 Å². The first-order valence-electron chi connectivity index (χ1n) is 6.84. The molecule has 0 radical (unpaired) electrons. The van der Waals surface area contributed by atoms with E-state index in [9.17, 15) is 0 Å². The molecule has 0 aromatic carbocycles. The van der Waals surface area contributed by atoms with Gasteiger partial charge < -0.3 is 15.3 Å². The van der Waals surface area contributed by atoms with Crippen molar-refractivity contribution in [2.45, 2.75) is 38.6 Å². The summed E-state index contributed by atoms with van der Waals surface area (Å²) in [5.41, 5.74) is 0. The monoisotopic (exact) mass is 226 g/mol. The lowest BCUT2D eigenvalue weighted by Crippen LogP contribution is -2.44. The Morgan fingerprint density at radius 1 is 1.25 bits per heavy atom. The van der Waals surface area contributed by atoms with Gasteiger partial charge in [0, 0.05) is 19.2 Å². The maximum absolute atomic E-state index is 9.03. The molecule has 3 nitrogen and oxygen atoms in total. The Balaban J connectivity index is 1.57. The van der Waals surface area contributed by atoms with Crippen LogP contribution < -0.4 is 5.32 Å². The highest BCUT2D eigenvalue weighted by Gasteiger charge is 2.24. The van der Waals surface area contributed by atoms with Gasteiger partial charge in [-0.3, -0.25) is 0 Å². The van der Waals surface area contributed by atoms with Crippen LogP contribution in [-0.4, -0.2) is 48.8 Å². The van der Waals surface area contributed by atoms with Crippen molar-refractivity contribution in [2.24, 2.45) is 11.8 Å². The molecule has 2 rings (SSSR count). The van der Waals surface area contributed by atoms with Gasteiger partial charge in [0.25, 0.3) is 0 Å². The summed E-state index contributed by atoms with van der Waals surface area (Å²) in [4.78, 5) is 2.50. The molecular weight excluding hydrogens is 200 g/mol. The Morgan fingerprint density at radius 2 is 1.94 bits per heavy atom. The predicted octanol–water partition coefficient (Wildman–Crippen LogP) is 1.08. The van der Waals surface area contributed by atoms with Crippen molar-refractivity contribution in [3.8, 4) is 0 Å². The summed E-state index contributed by atoms with van der Waals surface area (Å²) in [6.45, 7) is 7.15.